The van der Waals surface area contributed by atoms with E-state index in [9.17, 15) is 25.2 Å². The summed E-state index contributed by atoms with van der Waals surface area (Å²) in [6.07, 6.45) is -9.02. The zero-order valence-electron chi connectivity index (χ0n) is 8.98. The van der Waals surface area contributed by atoms with E-state index in [0.29, 0.717) is 0 Å². The van der Waals surface area contributed by atoms with E-state index in [1.807, 2.05) is 0 Å². The van der Waals surface area contributed by atoms with Gasteiger partial charge < -0.3 is 35.1 Å². The van der Waals surface area contributed by atoms with Crippen molar-refractivity contribution in [1.82, 2.24) is 0 Å². The SMILES string of the molecule is C[C@@H]1OC(C(O)C(=O)[O-])[C@H](O)[C@H](O)[C@H]1O.[Na+]. The smallest absolute Gasteiger partial charge is 0.547 e. The summed E-state index contributed by atoms with van der Waals surface area (Å²) in [5, 5.41) is 47.4. The molecule has 0 bridgehead atoms. The monoisotopic (exact) mass is 244 g/mol. The number of aliphatic hydroxyl groups is 4. The molecule has 1 aliphatic rings. The Morgan fingerprint density at radius 2 is 1.75 bits per heavy atom. The van der Waals surface area contributed by atoms with Gasteiger partial charge in [-0.05, 0) is 6.92 Å². The zero-order valence-corrected chi connectivity index (χ0v) is 11.0. The fourth-order valence-electron chi connectivity index (χ4n) is 1.48. The van der Waals surface area contributed by atoms with Crippen molar-refractivity contribution in [2.24, 2.45) is 0 Å². The van der Waals surface area contributed by atoms with E-state index in [4.69, 9.17) is 9.84 Å². The Morgan fingerprint density at radius 1 is 1.25 bits per heavy atom. The van der Waals surface area contributed by atoms with E-state index in [2.05, 4.69) is 0 Å². The molecule has 0 aromatic heterocycles. The summed E-state index contributed by atoms with van der Waals surface area (Å²) >= 11 is 0. The maximum Gasteiger partial charge on any atom is 1.00 e. The van der Waals surface area contributed by atoms with Crippen LogP contribution in [0.3, 0.4) is 0 Å². The molecule has 0 spiro atoms. The van der Waals surface area contributed by atoms with Crippen LogP contribution in [0, 0.1) is 0 Å². The quantitative estimate of drug-likeness (QED) is 0.355. The molecule has 8 heteroatoms. The third-order valence-corrected chi connectivity index (χ3v) is 2.44. The average Bonchev–Trinajstić information content (AvgIpc) is 2.19. The molecule has 4 N–H and O–H groups in total. The van der Waals surface area contributed by atoms with Crippen molar-refractivity contribution in [1.29, 1.82) is 0 Å². The van der Waals surface area contributed by atoms with E-state index < -0.39 is 42.6 Å². The molecule has 7 nitrogen and oxygen atoms in total. The molecule has 0 aliphatic carbocycles. The Morgan fingerprint density at radius 3 is 2.19 bits per heavy atom. The van der Waals surface area contributed by atoms with Gasteiger partial charge in [-0.1, -0.05) is 0 Å². The number of hydrogen-bond donors (Lipinski definition) is 4. The molecule has 88 valence electrons. The van der Waals surface area contributed by atoms with Crippen molar-refractivity contribution in [2.75, 3.05) is 0 Å². The van der Waals surface area contributed by atoms with Gasteiger partial charge in [0.25, 0.3) is 0 Å². The Kier molecular flexibility index (Phi) is 6.38. The van der Waals surface area contributed by atoms with Gasteiger partial charge in [0, 0.05) is 0 Å². The summed E-state index contributed by atoms with van der Waals surface area (Å²) in [4.78, 5) is 10.3. The number of hydrogen-bond acceptors (Lipinski definition) is 7. The molecule has 16 heavy (non-hydrogen) atoms. The Hall–Kier alpha value is 0.270. The first-order chi connectivity index (χ1) is 6.86. The van der Waals surface area contributed by atoms with Crippen molar-refractivity contribution >= 4 is 5.97 Å². The number of ether oxygens (including phenoxy) is 1. The summed E-state index contributed by atoms with van der Waals surface area (Å²) in [5.41, 5.74) is 0. The van der Waals surface area contributed by atoms with Crippen molar-refractivity contribution in [2.45, 2.75) is 43.5 Å². The zero-order chi connectivity index (χ0) is 11.7. The molecule has 1 heterocycles. The van der Waals surface area contributed by atoms with Gasteiger partial charge in [0.15, 0.2) is 0 Å². The predicted octanol–water partition coefficient (Wildman–Crippen LogP) is -7.03. The number of rotatable bonds is 2. The molecule has 1 fully saturated rings. The van der Waals surface area contributed by atoms with Crippen LogP contribution in [0.25, 0.3) is 0 Å². The van der Waals surface area contributed by atoms with Crippen molar-refractivity contribution in [3.05, 3.63) is 0 Å². The van der Waals surface area contributed by atoms with Crippen LogP contribution in [-0.4, -0.2) is 63.0 Å². The molecular weight excluding hydrogens is 231 g/mol. The van der Waals surface area contributed by atoms with Gasteiger partial charge >= 0.3 is 29.6 Å². The van der Waals surface area contributed by atoms with E-state index in [1.54, 1.807) is 0 Å². The number of aliphatic hydroxyl groups excluding tert-OH is 4. The largest absolute Gasteiger partial charge is 1.00 e. The van der Waals surface area contributed by atoms with Crippen LogP contribution in [0.5, 0.6) is 0 Å². The molecule has 0 aromatic rings. The standard InChI is InChI=1S/C8H14O7.Na/c1-2-3(9)4(10)5(11)7(15-2)6(12)8(13)14;/h2-7,9-12H,1H3,(H,13,14);/q;+1/p-1/t2-,3-,4+,5+,6?,7?;/m0./s1. The van der Waals surface area contributed by atoms with Crippen LogP contribution in [0.1, 0.15) is 6.92 Å². The molecule has 0 saturated carbocycles. The summed E-state index contributed by atoms with van der Waals surface area (Å²) < 4.78 is 4.87. The number of carboxylic acids is 1. The van der Waals surface area contributed by atoms with E-state index >= 15 is 0 Å². The van der Waals surface area contributed by atoms with Gasteiger partial charge in [0.2, 0.25) is 0 Å². The second kappa shape index (κ2) is 6.27. The van der Waals surface area contributed by atoms with Gasteiger partial charge in [-0.3, -0.25) is 0 Å². The third-order valence-electron chi connectivity index (χ3n) is 2.44. The van der Waals surface area contributed by atoms with Gasteiger partial charge in [-0.2, -0.15) is 0 Å². The maximum absolute atomic E-state index is 10.3. The number of carboxylic acid groups (broad SMARTS) is 1. The first-order valence-electron chi connectivity index (χ1n) is 4.45. The van der Waals surface area contributed by atoms with Crippen LogP contribution in [0.4, 0.5) is 0 Å². The van der Waals surface area contributed by atoms with Crippen molar-refractivity contribution < 1.29 is 64.6 Å². The second-order valence-electron chi connectivity index (χ2n) is 3.54. The van der Waals surface area contributed by atoms with Gasteiger partial charge in [-0.25, -0.2) is 0 Å². The Bertz CT molecular complexity index is 249. The molecule has 1 saturated heterocycles. The minimum atomic E-state index is -2.05. The fraction of sp³-hybridized carbons (Fsp3) is 0.875. The molecule has 0 amide bonds. The summed E-state index contributed by atoms with van der Waals surface area (Å²) in [7, 11) is 0. The Balaban J connectivity index is 0.00000225. The normalized spacial score (nSPS) is 40.9. The number of carbonyl (C=O) groups excluding carboxylic acids is 1. The van der Waals surface area contributed by atoms with Crippen molar-refractivity contribution in [3.63, 3.8) is 0 Å². The van der Waals surface area contributed by atoms with Crippen LogP contribution in [0.2, 0.25) is 0 Å². The van der Waals surface area contributed by atoms with Gasteiger partial charge in [0.05, 0.1) is 12.1 Å². The van der Waals surface area contributed by atoms with Crippen LogP contribution in [0.15, 0.2) is 0 Å². The first-order valence-corrected chi connectivity index (χ1v) is 4.45. The summed E-state index contributed by atoms with van der Waals surface area (Å²) in [6.45, 7) is 1.38. The minimum absolute atomic E-state index is 0. The van der Waals surface area contributed by atoms with Gasteiger partial charge in [0.1, 0.15) is 30.5 Å². The molecule has 0 aromatic carbocycles. The Labute approximate surface area is 114 Å². The van der Waals surface area contributed by atoms with Crippen LogP contribution in [-0.2, 0) is 9.53 Å². The van der Waals surface area contributed by atoms with E-state index in [1.165, 1.54) is 6.92 Å². The molecule has 1 rings (SSSR count). The molecular formula is C8H13NaO7. The molecule has 0 radical (unpaired) electrons. The van der Waals surface area contributed by atoms with Crippen LogP contribution >= 0.6 is 0 Å². The molecule has 2 unspecified atom stereocenters. The molecule has 1 aliphatic heterocycles. The summed E-state index contributed by atoms with van der Waals surface area (Å²) in [5.74, 6) is -1.81. The van der Waals surface area contributed by atoms with Crippen LogP contribution < -0.4 is 34.7 Å². The first kappa shape index (κ1) is 16.3. The fourth-order valence-corrected chi connectivity index (χ4v) is 1.48. The minimum Gasteiger partial charge on any atom is -0.547 e. The van der Waals surface area contributed by atoms with Crippen molar-refractivity contribution in [3.8, 4) is 0 Å². The topological polar surface area (TPSA) is 130 Å². The van der Waals surface area contributed by atoms with E-state index in [-0.39, 0.29) is 29.6 Å². The average molecular weight is 244 g/mol. The maximum atomic E-state index is 10.3. The van der Waals surface area contributed by atoms with Gasteiger partial charge in [-0.15, -0.1) is 0 Å². The predicted molar refractivity (Wildman–Crippen MR) is 43.4 cm³/mol. The number of aliphatic carboxylic acids is 1. The molecule has 6 atom stereocenters. The summed E-state index contributed by atoms with van der Waals surface area (Å²) in [6, 6.07) is 0. The van der Waals surface area contributed by atoms with E-state index in [0.717, 1.165) is 0 Å². The second-order valence-corrected chi connectivity index (χ2v) is 3.54. The number of carbonyl (C=O) groups is 1. The third kappa shape index (κ3) is 3.14.